The number of hydrogen-bond acceptors (Lipinski definition) is 2. The highest BCUT2D eigenvalue weighted by Crippen LogP contribution is 2.54. The van der Waals surface area contributed by atoms with Gasteiger partial charge in [-0.25, -0.2) is 0 Å². The first-order chi connectivity index (χ1) is 18.4. The van der Waals surface area contributed by atoms with Gasteiger partial charge >= 0.3 is 0 Å². The van der Waals surface area contributed by atoms with Gasteiger partial charge in [-0.2, -0.15) is 0 Å². The summed E-state index contributed by atoms with van der Waals surface area (Å²) in [5, 5.41) is 3.82. The summed E-state index contributed by atoms with van der Waals surface area (Å²) in [6.07, 6.45) is 0. The molecule has 0 atom stereocenters. The van der Waals surface area contributed by atoms with Crippen LogP contribution in [0.25, 0.3) is 11.1 Å². The van der Waals surface area contributed by atoms with Gasteiger partial charge in [0.25, 0.3) is 0 Å². The highest BCUT2D eigenvalue weighted by atomic mass is 15.1. The first-order valence-electron chi connectivity index (χ1n) is 13.5. The van der Waals surface area contributed by atoms with Gasteiger partial charge in [-0.15, -0.1) is 0 Å². The molecule has 1 heterocycles. The van der Waals surface area contributed by atoms with Crippen molar-refractivity contribution in [1.29, 1.82) is 0 Å². The van der Waals surface area contributed by atoms with Gasteiger partial charge in [0.05, 0.1) is 0 Å². The quantitative estimate of drug-likeness (QED) is 0.270. The normalized spacial score (nSPS) is 15.5. The molecule has 0 saturated carbocycles. The van der Waals surface area contributed by atoms with Crippen molar-refractivity contribution in [3.63, 3.8) is 0 Å². The molecule has 5 aromatic carbocycles. The minimum atomic E-state index is -0.165. The monoisotopic (exact) mass is 492 g/mol. The number of anilines is 5. The molecule has 0 fully saturated rings. The molecule has 2 aliphatic rings. The van der Waals surface area contributed by atoms with Crippen molar-refractivity contribution in [1.82, 2.24) is 0 Å². The van der Waals surface area contributed by atoms with Crippen LogP contribution in [-0.4, -0.2) is 0 Å². The van der Waals surface area contributed by atoms with E-state index in [0.717, 1.165) is 17.1 Å². The summed E-state index contributed by atoms with van der Waals surface area (Å²) >= 11 is 0. The van der Waals surface area contributed by atoms with Crippen LogP contribution < -0.4 is 10.2 Å². The van der Waals surface area contributed by atoms with Gasteiger partial charge in [-0.05, 0) is 88.0 Å². The van der Waals surface area contributed by atoms with E-state index >= 15 is 0 Å². The van der Waals surface area contributed by atoms with Gasteiger partial charge in [0.2, 0.25) is 0 Å². The van der Waals surface area contributed by atoms with Gasteiger partial charge in [0.1, 0.15) is 0 Å². The van der Waals surface area contributed by atoms with Crippen LogP contribution >= 0.6 is 0 Å². The van der Waals surface area contributed by atoms with Crippen LogP contribution in [0.3, 0.4) is 0 Å². The van der Waals surface area contributed by atoms with Crippen molar-refractivity contribution in [3.8, 4) is 11.1 Å². The molecule has 0 radical (unpaired) electrons. The smallest absolute Gasteiger partial charge is 0.0466 e. The maximum atomic E-state index is 3.82. The van der Waals surface area contributed by atoms with Gasteiger partial charge in [-0.3, -0.25) is 0 Å². The van der Waals surface area contributed by atoms with Crippen LogP contribution in [-0.2, 0) is 10.8 Å². The Morgan fingerprint density at radius 2 is 1.03 bits per heavy atom. The number of nitrogens with one attached hydrogen (secondary N) is 1. The second kappa shape index (κ2) is 8.10. The minimum absolute atomic E-state index is 0.0111. The summed E-state index contributed by atoms with van der Waals surface area (Å²) in [5.41, 5.74) is 13.9. The van der Waals surface area contributed by atoms with E-state index in [9.17, 15) is 0 Å². The zero-order valence-corrected chi connectivity index (χ0v) is 22.4. The Kier molecular flexibility index (Phi) is 4.87. The fourth-order valence-corrected chi connectivity index (χ4v) is 6.56. The van der Waals surface area contributed by atoms with Crippen LogP contribution in [0.1, 0.15) is 49.9 Å². The first kappa shape index (κ1) is 22.9. The largest absolute Gasteiger partial charge is 0.355 e. The Morgan fingerprint density at radius 3 is 1.71 bits per heavy atom. The molecule has 0 aromatic heterocycles. The van der Waals surface area contributed by atoms with E-state index in [4.69, 9.17) is 0 Å². The topological polar surface area (TPSA) is 15.3 Å². The summed E-state index contributed by atoms with van der Waals surface area (Å²) in [7, 11) is 0. The molecule has 7 rings (SSSR count). The predicted octanol–water partition coefficient (Wildman–Crippen LogP) is 9.85. The van der Waals surface area contributed by atoms with Crippen LogP contribution in [0.5, 0.6) is 0 Å². The van der Waals surface area contributed by atoms with Crippen LogP contribution in [0.4, 0.5) is 28.4 Å². The number of para-hydroxylation sites is 2. The van der Waals surface area contributed by atoms with E-state index < -0.39 is 0 Å². The molecule has 186 valence electrons. The maximum absolute atomic E-state index is 3.82. The van der Waals surface area contributed by atoms with Crippen LogP contribution in [0, 0.1) is 0 Å². The van der Waals surface area contributed by atoms with E-state index in [1.807, 2.05) is 0 Å². The molecule has 2 heteroatoms. The number of fused-ring (bicyclic) bond motifs is 5. The zero-order chi connectivity index (χ0) is 26.1. The fourth-order valence-electron chi connectivity index (χ4n) is 6.56. The van der Waals surface area contributed by atoms with E-state index in [1.54, 1.807) is 0 Å². The highest BCUT2D eigenvalue weighted by molar-refractivity contribution is 5.88. The molecule has 2 nitrogen and oxygen atoms in total. The molecule has 1 aliphatic carbocycles. The van der Waals surface area contributed by atoms with Crippen molar-refractivity contribution >= 4 is 28.4 Å². The number of hydrogen-bond donors (Lipinski definition) is 1. The van der Waals surface area contributed by atoms with Crippen LogP contribution in [0.2, 0.25) is 0 Å². The summed E-state index contributed by atoms with van der Waals surface area (Å²) < 4.78 is 0. The number of nitrogens with zero attached hydrogens (tertiary/aromatic N) is 1. The van der Waals surface area contributed by atoms with E-state index in [1.165, 1.54) is 44.8 Å². The molecule has 0 saturated heterocycles. The predicted molar refractivity (Wildman–Crippen MR) is 161 cm³/mol. The van der Waals surface area contributed by atoms with Crippen molar-refractivity contribution in [3.05, 3.63) is 138 Å². The molecule has 0 bridgehead atoms. The molecular weight excluding hydrogens is 460 g/mol. The average Bonchev–Trinajstić information content (AvgIpc) is 3.16. The molecule has 38 heavy (non-hydrogen) atoms. The Bertz CT molecular complexity index is 1640. The van der Waals surface area contributed by atoms with Gasteiger partial charge in [0.15, 0.2) is 0 Å². The summed E-state index contributed by atoms with van der Waals surface area (Å²) in [4.78, 5) is 2.34. The average molecular weight is 493 g/mol. The second-order valence-corrected chi connectivity index (χ2v) is 11.6. The summed E-state index contributed by atoms with van der Waals surface area (Å²) in [6.45, 7) is 9.42. The summed E-state index contributed by atoms with van der Waals surface area (Å²) in [5.74, 6) is 0. The first-order valence-corrected chi connectivity index (χ1v) is 13.5. The maximum Gasteiger partial charge on any atom is 0.0466 e. The summed E-state index contributed by atoms with van der Waals surface area (Å²) in [6, 6.07) is 41.9. The zero-order valence-electron chi connectivity index (χ0n) is 22.4. The lowest BCUT2D eigenvalue weighted by Gasteiger charge is -2.38. The lowest BCUT2D eigenvalue weighted by Crippen LogP contribution is -2.27. The van der Waals surface area contributed by atoms with Gasteiger partial charge in [0, 0.05) is 39.3 Å². The number of rotatable bonds is 3. The van der Waals surface area contributed by atoms with Gasteiger partial charge in [-0.1, -0.05) is 88.4 Å². The third-order valence-electron chi connectivity index (χ3n) is 8.63. The van der Waals surface area contributed by atoms with E-state index in [2.05, 4.69) is 153 Å². The molecule has 0 unspecified atom stereocenters. The Labute approximate surface area is 225 Å². The molecule has 5 aromatic rings. The lowest BCUT2D eigenvalue weighted by molar-refractivity contribution is 0.633. The third-order valence-corrected chi connectivity index (χ3v) is 8.63. The third kappa shape index (κ3) is 3.26. The SMILES string of the molecule is CC1(C)c2cc(N(c3ccccc3)c3ccccc3)ccc2Nc2cc3c(cc21)-c1ccccc1C3(C)C. The molecular formula is C36H32N2. The number of benzene rings is 5. The Hall–Kier alpha value is -4.30. The van der Waals surface area contributed by atoms with E-state index in [0.29, 0.717) is 0 Å². The molecule has 1 aliphatic heterocycles. The van der Waals surface area contributed by atoms with Crippen molar-refractivity contribution in [2.24, 2.45) is 0 Å². The van der Waals surface area contributed by atoms with Gasteiger partial charge < -0.3 is 10.2 Å². The fraction of sp³-hybridized carbons (Fsp3) is 0.167. The van der Waals surface area contributed by atoms with Crippen LogP contribution in [0.15, 0.2) is 115 Å². The molecule has 1 N–H and O–H groups in total. The second-order valence-electron chi connectivity index (χ2n) is 11.6. The molecule has 0 amide bonds. The van der Waals surface area contributed by atoms with Crippen molar-refractivity contribution in [2.75, 3.05) is 10.2 Å². The van der Waals surface area contributed by atoms with Crippen molar-refractivity contribution in [2.45, 2.75) is 38.5 Å². The molecule has 0 spiro atoms. The minimum Gasteiger partial charge on any atom is -0.355 e. The Balaban J connectivity index is 1.38. The Morgan fingerprint density at radius 1 is 0.447 bits per heavy atom. The van der Waals surface area contributed by atoms with Crippen molar-refractivity contribution < 1.29 is 0 Å². The van der Waals surface area contributed by atoms with E-state index in [-0.39, 0.29) is 10.8 Å². The standard InChI is InChI=1S/C36H32N2/c1-35(2)29-18-12-11-17-27(29)28-22-32-34(23-30(28)35)37-33-20-19-26(21-31(33)36(32,3)4)38(24-13-7-5-8-14-24)25-15-9-6-10-16-25/h5-23,37H,1-4H3. The lowest BCUT2D eigenvalue weighted by atomic mass is 9.72. The highest BCUT2D eigenvalue weighted by Gasteiger charge is 2.40.